The quantitative estimate of drug-likeness (QED) is 0.847. The Morgan fingerprint density at radius 2 is 1.96 bits per heavy atom. The summed E-state index contributed by atoms with van der Waals surface area (Å²) in [6.45, 7) is 1.51. The van der Waals surface area contributed by atoms with Crippen molar-refractivity contribution in [2.45, 2.75) is 19.1 Å². The number of rotatable bonds is 4. The molecule has 3 rings (SSSR count). The van der Waals surface area contributed by atoms with Crippen molar-refractivity contribution in [3.63, 3.8) is 0 Å². The molecule has 25 heavy (non-hydrogen) atoms. The largest absolute Gasteiger partial charge is 0.485 e. The molecule has 0 aliphatic carbocycles. The number of amides is 1. The number of para-hydroxylation sites is 2. The Kier molecular flexibility index (Phi) is 5.09. The Labute approximate surface area is 149 Å². The van der Waals surface area contributed by atoms with E-state index in [2.05, 4.69) is 5.32 Å². The van der Waals surface area contributed by atoms with E-state index in [1.54, 1.807) is 42.5 Å². The number of benzene rings is 2. The van der Waals surface area contributed by atoms with Crippen LogP contribution in [0.3, 0.4) is 0 Å². The SMILES string of the molecule is C[C@@H](OC(=O)[C@@H]1COc2ccccc2O1)C(=O)Nc1cccc(Cl)c1. The van der Waals surface area contributed by atoms with E-state index in [0.29, 0.717) is 22.2 Å². The molecular weight excluding hydrogens is 346 g/mol. The number of carbonyl (C=O) groups is 2. The lowest BCUT2D eigenvalue weighted by Crippen LogP contribution is -2.41. The van der Waals surface area contributed by atoms with E-state index in [1.807, 2.05) is 6.07 Å². The zero-order chi connectivity index (χ0) is 17.8. The molecule has 2 atom stereocenters. The first-order valence-corrected chi connectivity index (χ1v) is 8.06. The minimum atomic E-state index is -0.993. The van der Waals surface area contributed by atoms with Crippen LogP contribution in [0.15, 0.2) is 48.5 Å². The summed E-state index contributed by atoms with van der Waals surface area (Å²) in [5.74, 6) is -0.0963. The highest BCUT2D eigenvalue weighted by atomic mass is 35.5. The molecular formula is C18H16ClNO5. The third-order valence-electron chi connectivity index (χ3n) is 3.53. The fourth-order valence-electron chi connectivity index (χ4n) is 2.25. The fourth-order valence-corrected chi connectivity index (χ4v) is 2.44. The number of carbonyl (C=O) groups excluding carboxylic acids is 2. The van der Waals surface area contributed by atoms with Gasteiger partial charge in [0.25, 0.3) is 5.91 Å². The molecule has 0 fully saturated rings. The van der Waals surface area contributed by atoms with E-state index in [-0.39, 0.29) is 6.61 Å². The third-order valence-corrected chi connectivity index (χ3v) is 3.76. The first kappa shape index (κ1) is 17.1. The van der Waals surface area contributed by atoms with Gasteiger partial charge in [-0.1, -0.05) is 29.8 Å². The summed E-state index contributed by atoms with van der Waals surface area (Å²) in [5.41, 5.74) is 0.520. The van der Waals surface area contributed by atoms with Crippen molar-refractivity contribution in [3.05, 3.63) is 53.6 Å². The van der Waals surface area contributed by atoms with Gasteiger partial charge in [0.2, 0.25) is 6.10 Å². The van der Waals surface area contributed by atoms with Gasteiger partial charge in [0.05, 0.1) is 0 Å². The molecule has 0 bridgehead atoms. The Morgan fingerprint density at radius 1 is 1.20 bits per heavy atom. The van der Waals surface area contributed by atoms with E-state index < -0.39 is 24.1 Å². The highest BCUT2D eigenvalue weighted by molar-refractivity contribution is 6.30. The first-order chi connectivity index (χ1) is 12.0. The minimum Gasteiger partial charge on any atom is -0.485 e. The molecule has 2 aromatic rings. The number of nitrogens with one attached hydrogen (secondary N) is 1. The molecule has 0 unspecified atom stereocenters. The molecule has 0 spiro atoms. The summed E-state index contributed by atoms with van der Waals surface area (Å²) < 4.78 is 16.2. The van der Waals surface area contributed by atoms with Gasteiger partial charge in [0, 0.05) is 10.7 Å². The van der Waals surface area contributed by atoms with Crippen molar-refractivity contribution >= 4 is 29.2 Å². The topological polar surface area (TPSA) is 73.9 Å². The number of halogens is 1. The standard InChI is InChI=1S/C18H16ClNO5/c1-11(17(21)20-13-6-4-5-12(19)9-13)24-18(22)16-10-23-14-7-2-3-8-15(14)25-16/h2-9,11,16H,10H2,1H3,(H,20,21)/t11-,16+/m1/s1. The fraction of sp³-hybridized carbons (Fsp3) is 0.222. The summed E-state index contributed by atoms with van der Waals surface area (Å²) in [6, 6.07) is 13.7. The Bertz CT molecular complexity index is 795. The number of anilines is 1. The molecule has 0 saturated heterocycles. The average molecular weight is 362 g/mol. The summed E-state index contributed by atoms with van der Waals surface area (Å²) in [4.78, 5) is 24.3. The van der Waals surface area contributed by atoms with Gasteiger partial charge in [0.15, 0.2) is 17.6 Å². The summed E-state index contributed by atoms with van der Waals surface area (Å²) >= 11 is 5.87. The molecule has 1 aliphatic rings. The van der Waals surface area contributed by atoms with Crippen LogP contribution in [0.2, 0.25) is 5.02 Å². The molecule has 1 N–H and O–H groups in total. The van der Waals surface area contributed by atoms with Gasteiger partial charge in [-0.2, -0.15) is 0 Å². The second-order valence-corrected chi connectivity index (χ2v) is 5.88. The van der Waals surface area contributed by atoms with Crippen molar-refractivity contribution < 1.29 is 23.8 Å². The highest BCUT2D eigenvalue weighted by Gasteiger charge is 2.31. The Morgan fingerprint density at radius 3 is 2.72 bits per heavy atom. The molecule has 6 nitrogen and oxygen atoms in total. The average Bonchev–Trinajstić information content (AvgIpc) is 2.61. The molecule has 0 saturated carbocycles. The number of esters is 1. The minimum absolute atomic E-state index is 0.0263. The van der Waals surface area contributed by atoms with Crippen LogP contribution >= 0.6 is 11.6 Å². The lowest BCUT2D eigenvalue weighted by atomic mass is 10.2. The molecule has 130 valence electrons. The second-order valence-electron chi connectivity index (χ2n) is 5.44. The third kappa shape index (κ3) is 4.22. The number of ether oxygens (including phenoxy) is 3. The normalized spacial score (nSPS) is 16.6. The van der Waals surface area contributed by atoms with Crippen LogP contribution in [0.4, 0.5) is 5.69 Å². The van der Waals surface area contributed by atoms with Gasteiger partial charge in [-0.05, 0) is 37.3 Å². The maximum atomic E-state index is 12.2. The van der Waals surface area contributed by atoms with E-state index in [9.17, 15) is 9.59 Å². The van der Waals surface area contributed by atoms with Gasteiger partial charge in [-0.15, -0.1) is 0 Å². The van der Waals surface area contributed by atoms with Crippen molar-refractivity contribution in [1.29, 1.82) is 0 Å². The van der Waals surface area contributed by atoms with Crippen molar-refractivity contribution in [1.82, 2.24) is 0 Å². The van der Waals surface area contributed by atoms with Crippen LogP contribution < -0.4 is 14.8 Å². The zero-order valence-electron chi connectivity index (χ0n) is 13.4. The van der Waals surface area contributed by atoms with E-state index in [1.165, 1.54) is 6.92 Å². The molecule has 2 aromatic carbocycles. The van der Waals surface area contributed by atoms with Crippen LogP contribution in [0.25, 0.3) is 0 Å². The van der Waals surface area contributed by atoms with Gasteiger partial charge in [-0.3, -0.25) is 4.79 Å². The van der Waals surface area contributed by atoms with Crippen molar-refractivity contribution in [2.24, 2.45) is 0 Å². The monoisotopic (exact) mass is 361 g/mol. The predicted octanol–water partition coefficient (Wildman–Crippen LogP) is 3.05. The van der Waals surface area contributed by atoms with Crippen molar-refractivity contribution in [2.75, 3.05) is 11.9 Å². The predicted molar refractivity (Wildman–Crippen MR) is 92.0 cm³/mol. The maximum absolute atomic E-state index is 12.2. The Balaban J connectivity index is 1.56. The van der Waals surface area contributed by atoms with Crippen LogP contribution in [0.5, 0.6) is 11.5 Å². The van der Waals surface area contributed by atoms with Crippen LogP contribution in [-0.4, -0.2) is 30.7 Å². The van der Waals surface area contributed by atoms with Gasteiger partial charge in [0.1, 0.15) is 6.61 Å². The smallest absolute Gasteiger partial charge is 0.351 e. The van der Waals surface area contributed by atoms with Gasteiger partial charge < -0.3 is 19.5 Å². The van der Waals surface area contributed by atoms with Crippen LogP contribution in [0, 0.1) is 0 Å². The van der Waals surface area contributed by atoms with Gasteiger partial charge in [-0.25, -0.2) is 4.79 Å². The highest BCUT2D eigenvalue weighted by Crippen LogP contribution is 2.31. The van der Waals surface area contributed by atoms with Gasteiger partial charge >= 0.3 is 5.97 Å². The zero-order valence-corrected chi connectivity index (χ0v) is 14.2. The lowest BCUT2D eigenvalue weighted by molar-refractivity contribution is -0.162. The summed E-state index contributed by atoms with van der Waals surface area (Å²) in [7, 11) is 0. The molecule has 1 heterocycles. The first-order valence-electron chi connectivity index (χ1n) is 7.68. The lowest BCUT2D eigenvalue weighted by Gasteiger charge is -2.25. The molecule has 1 amide bonds. The Hall–Kier alpha value is -2.73. The van der Waals surface area contributed by atoms with E-state index in [0.717, 1.165) is 0 Å². The molecule has 0 aromatic heterocycles. The van der Waals surface area contributed by atoms with E-state index >= 15 is 0 Å². The number of fused-ring (bicyclic) bond motifs is 1. The maximum Gasteiger partial charge on any atom is 0.351 e. The van der Waals surface area contributed by atoms with Crippen LogP contribution in [-0.2, 0) is 14.3 Å². The molecule has 1 aliphatic heterocycles. The molecule has 7 heteroatoms. The number of hydrogen-bond donors (Lipinski definition) is 1. The summed E-state index contributed by atoms with van der Waals surface area (Å²) in [6.07, 6.45) is -1.91. The van der Waals surface area contributed by atoms with Crippen LogP contribution in [0.1, 0.15) is 6.92 Å². The molecule has 0 radical (unpaired) electrons. The number of hydrogen-bond acceptors (Lipinski definition) is 5. The summed E-state index contributed by atoms with van der Waals surface area (Å²) in [5, 5.41) is 3.13. The van der Waals surface area contributed by atoms with Crippen molar-refractivity contribution in [3.8, 4) is 11.5 Å². The second kappa shape index (κ2) is 7.44. The van der Waals surface area contributed by atoms with E-state index in [4.69, 9.17) is 25.8 Å².